The molecule has 0 radical (unpaired) electrons. The van der Waals surface area contributed by atoms with E-state index in [-0.39, 0.29) is 12.2 Å². The fourth-order valence-corrected chi connectivity index (χ4v) is 2.17. The summed E-state index contributed by atoms with van der Waals surface area (Å²) in [5, 5.41) is 10.3. The van der Waals surface area contributed by atoms with Crippen LogP contribution in [0.2, 0.25) is 5.02 Å². The maximum Gasteiger partial charge on any atom is 0.130 e. The van der Waals surface area contributed by atoms with Crippen LogP contribution in [-0.4, -0.2) is 30.0 Å². The number of aliphatic hydroxyl groups excluding tert-OH is 1. The van der Waals surface area contributed by atoms with E-state index in [2.05, 4.69) is 0 Å². The van der Waals surface area contributed by atoms with Crippen LogP contribution in [0.5, 0.6) is 5.75 Å². The Labute approximate surface area is 113 Å². The molecule has 1 aliphatic carbocycles. The topological polar surface area (TPSA) is 38.7 Å². The van der Waals surface area contributed by atoms with Gasteiger partial charge >= 0.3 is 0 Å². The highest BCUT2D eigenvalue weighted by Gasteiger charge is 2.42. The number of rotatable bonds is 5. The van der Waals surface area contributed by atoms with E-state index >= 15 is 0 Å². The molecule has 1 saturated carbocycles. The molecule has 3 unspecified atom stereocenters. The van der Waals surface area contributed by atoms with E-state index in [1.54, 1.807) is 6.07 Å². The summed E-state index contributed by atoms with van der Waals surface area (Å²) < 4.78 is 11.5. The van der Waals surface area contributed by atoms with Crippen LogP contribution in [0, 0.1) is 6.92 Å². The van der Waals surface area contributed by atoms with Gasteiger partial charge in [-0.1, -0.05) is 24.6 Å². The number of aryl methyl sites for hydroxylation is 1. The summed E-state index contributed by atoms with van der Waals surface area (Å²) in [7, 11) is 0. The van der Waals surface area contributed by atoms with Crippen LogP contribution in [-0.2, 0) is 4.74 Å². The molecule has 1 aromatic carbocycles. The van der Waals surface area contributed by atoms with Gasteiger partial charge < -0.3 is 14.6 Å². The Kier molecular flexibility index (Phi) is 4.49. The highest BCUT2D eigenvalue weighted by molar-refractivity contribution is 6.30. The molecule has 1 fully saturated rings. The first-order valence-electron chi connectivity index (χ1n) is 6.34. The molecule has 3 atom stereocenters. The van der Waals surface area contributed by atoms with E-state index in [1.165, 1.54) is 0 Å². The third kappa shape index (κ3) is 2.97. The Morgan fingerprint density at radius 3 is 2.89 bits per heavy atom. The SMILES string of the molecule is CCCOC1C(O)CC1Oc1cc(Cl)ccc1C. The quantitative estimate of drug-likeness (QED) is 0.894. The number of benzene rings is 1. The average Bonchev–Trinajstić information content (AvgIpc) is 2.33. The second-order valence-corrected chi connectivity index (χ2v) is 5.14. The van der Waals surface area contributed by atoms with Crippen molar-refractivity contribution in [2.75, 3.05) is 6.61 Å². The first kappa shape index (κ1) is 13.7. The van der Waals surface area contributed by atoms with Crippen LogP contribution < -0.4 is 4.74 Å². The lowest BCUT2D eigenvalue weighted by Gasteiger charge is -2.41. The molecule has 4 heteroatoms. The van der Waals surface area contributed by atoms with Gasteiger partial charge in [0.2, 0.25) is 0 Å². The first-order chi connectivity index (χ1) is 8.61. The summed E-state index contributed by atoms with van der Waals surface area (Å²) in [5.74, 6) is 0.768. The first-order valence-corrected chi connectivity index (χ1v) is 6.72. The van der Waals surface area contributed by atoms with E-state index in [9.17, 15) is 5.11 Å². The highest BCUT2D eigenvalue weighted by atomic mass is 35.5. The Balaban J connectivity index is 1.98. The molecule has 0 aromatic heterocycles. The van der Waals surface area contributed by atoms with Gasteiger partial charge in [-0.2, -0.15) is 0 Å². The van der Waals surface area contributed by atoms with Crippen molar-refractivity contribution >= 4 is 11.6 Å². The molecule has 2 rings (SSSR count). The zero-order valence-corrected chi connectivity index (χ0v) is 11.5. The lowest BCUT2D eigenvalue weighted by molar-refractivity contribution is -0.162. The van der Waals surface area contributed by atoms with Crippen molar-refractivity contribution in [1.82, 2.24) is 0 Å². The van der Waals surface area contributed by atoms with Gasteiger partial charge in [-0.15, -0.1) is 0 Å². The van der Waals surface area contributed by atoms with Crippen molar-refractivity contribution in [2.24, 2.45) is 0 Å². The number of hydrogen-bond acceptors (Lipinski definition) is 3. The fourth-order valence-electron chi connectivity index (χ4n) is 2.01. The van der Waals surface area contributed by atoms with Crippen LogP contribution >= 0.6 is 11.6 Å². The van der Waals surface area contributed by atoms with Crippen molar-refractivity contribution < 1.29 is 14.6 Å². The van der Waals surface area contributed by atoms with Gasteiger partial charge in [0.15, 0.2) is 0 Å². The third-order valence-electron chi connectivity index (χ3n) is 3.16. The maximum atomic E-state index is 9.68. The standard InChI is InChI=1S/C14H19ClO3/c1-3-6-17-14-11(16)8-13(14)18-12-7-10(15)5-4-9(12)2/h4-5,7,11,13-14,16H,3,6,8H2,1-2H3. The summed E-state index contributed by atoms with van der Waals surface area (Å²) in [6.07, 6.45) is 0.833. The number of hydrogen-bond donors (Lipinski definition) is 1. The predicted octanol–water partition coefficient (Wildman–Crippen LogP) is 2.96. The van der Waals surface area contributed by atoms with Crippen molar-refractivity contribution in [1.29, 1.82) is 0 Å². The Morgan fingerprint density at radius 1 is 1.44 bits per heavy atom. The minimum Gasteiger partial charge on any atom is -0.487 e. The monoisotopic (exact) mass is 270 g/mol. The summed E-state index contributed by atoms with van der Waals surface area (Å²) >= 11 is 5.95. The second-order valence-electron chi connectivity index (χ2n) is 4.70. The molecule has 0 heterocycles. The van der Waals surface area contributed by atoms with Crippen molar-refractivity contribution in [2.45, 2.75) is 45.0 Å². The minimum atomic E-state index is -0.416. The molecule has 0 spiro atoms. The van der Waals surface area contributed by atoms with E-state index in [0.717, 1.165) is 17.7 Å². The van der Waals surface area contributed by atoms with Gasteiger partial charge in [0, 0.05) is 18.1 Å². The predicted molar refractivity (Wildman–Crippen MR) is 71.3 cm³/mol. The second kappa shape index (κ2) is 5.91. The van der Waals surface area contributed by atoms with Crippen LogP contribution in [0.4, 0.5) is 0 Å². The summed E-state index contributed by atoms with van der Waals surface area (Å²) in [4.78, 5) is 0. The Hall–Kier alpha value is -0.770. The van der Waals surface area contributed by atoms with Crippen LogP contribution in [0.1, 0.15) is 25.3 Å². The van der Waals surface area contributed by atoms with E-state index in [4.69, 9.17) is 21.1 Å². The fraction of sp³-hybridized carbons (Fsp3) is 0.571. The highest BCUT2D eigenvalue weighted by Crippen LogP contribution is 2.31. The largest absolute Gasteiger partial charge is 0.487 e. The molecule has 0 bridgehead atoms. The lowest BCUT2D eigenvalue weighted by Crippen LogP contribution is -2.55. The minimum absolute atomic E-state index is 0.0799. The van der Waals surface area contributed by atoms with Crippen molar-refractivity contribution in [3.63, 3.8) is 0 Å². The van der Waals surface area contributed by atoms with E-state index in [1.807, 2.05) is 26.0 Å². The molecule has 18 heavy (non-hydrogen) atoms. The molecule has 1 aromatic rings. The molecule has 100 valence electrons. The van der Waals surface area contributed by atoms with Gasteiger partial charge in [0.25, 0.3) is 0 Å². The number of halogens is 1. The summed E-state index contributed by atoms with van der Waals surface area (Å²) in [6, 6.07) is 5.57. The van der Waals surface area contributed by atoms with Gasteiger partial charge in [-0.25, -0.2) is 0 Å². The molecular weight excluding hydrogens is 252 g/mol. The Morgan fingerprint density at radius 2 is 2.22 bits per heavy atom. The lowest BCUT2D eigenvalue weighted by atomic mass is 9.88. The van der Waals surface area contributed by atoms with Gasteiger partial charge in [-0.3, -0.25) is 0 Å². The van der Waals surface area contributed by atoms with Gasteiger partial charge in [0.05, 0.1) is 6.10 Å². The average molecular weight is 271 g/mol. The van der Waals surface area contributed by atoms with E-state index in [0.29, 0.717) is 18.1 Å². The van der Waals surface area contributed by atoms with Crippen molar-refractivity contribution in [3.05, 3.63) is 28.8 Å². The summed E-state index contributed by atoms with van der Waals surface area (Å²) in [6.45, 7) is 4.67. The zero-order chi connectivity index (χ0) is 13.1. The number of aliphatic hydroxyl groups is 1. The molecule has 0 aliphatic heterocycles. The molecule has 0 amide bonds. The number of ether oxygens (including phenoxy) is 2. The van der Waals surface area contributed by atoms with Gasteiger partial charge in [0.1, 0.15) is 18.0 Å². The normalized spacial score (nSPS) is 26.8. The molecule has 0 saturated heterocycles. The molecule has 3 nitrogen and oxygen atoms in total. The molecular formula is C14H19ClO3. The zero-order valence-electron chi connectivity index (χ0n) is 10.7. The van der Waals surface area contributed by atoms with Crippen LogP contribution in [0.3, 0.4) is 0 Å². The smallest absolute Gasteiger partial charge is 0.130 e. The van der Waals surface area contributed by atoms with Crippen LogP contribution in [0.25, 0.3) is 0 Å². The van der Waals surface area contributed by atoms with Crippen LogP contribution in [0.15, 0.2) is 18.2 Å². The Bertz CT molecular complexity index is 408. The summed E-state index contributed by atoms with van der Waals surface area (Å²) in [5.41, 5.74) is 1.04. The molecule has 1 aliphatic rings. The molecule has 1 N–H and O–H groups in total. The third-order valence-corrected chi connectivity index (χ3v) is 3.40. The van der Waals surface area contributed by atoms with Gasteiger partial charge in [-0.05, 0) is 31.0 Å². The van der Waals surface area contributed by atoms with Crippen molar-refractivity contribution in [3.8, 4) is 5.75 Å². The van der Waals surface area contributed by atoms with E-state index < -0.39 is 6.10 Å². The maximum absolute atomic E-state index is 9.68.